The Morgan fingerprint density at radius 1 is 1.30 bits per heavy atom. The van der Waals surface area contributed by atoms with Crippen LogP contribution in [0.4, 0.5) is 10.5 Å². The second-order valence-electron chi connectivity index (χ2n) is 5.82. The first-order chi connectivity index (χ1) is 11.0. The zero-order valence-corrected chi connectivity index (χ0v) is 14.0. The second kappa shape index (κ2) is 7.85. The summed E-state index contributed by atoms with van der Waals surface area (Å²) >= 11 is 0. The van der Waals surface area contributed by atoms with Crippen molar-refractivity contribution in [2.45, 2.75) is 39.2 Å². The predicted octanol–water partition coefficient (Wildman–Crippen LogP) is 2.85. The van der Waals surface area contributed by atoms with E-state index in [4.69, 9.17) is 4.74 Å². The minimum absolute atomic E-state index is 0.00413. The number of anilines is 1. The quantitative estimate of drug-likeness (QED) is 0.876. The van der Waals surface area contributed by atoms with Crippen molar-refractivity contribution >= 4 is 17.6 Å². The molecule has 0 radical (unpaired) electrons. The molecule has 0 aromatic heterocycles. The van der Waals surface area contributed by atoms with Crippen molar-refractivity contribution in [1.82, 2.24) is 10.2 Å². The SMILES string of the molecule is CCC(C)NC(=O)Nc1cc(C(=O)N2CCCC2)ccc1OC. The lowest BCUT2D eigenvalue weighted by molar-refractivity contribution is 0.0793. The number of nitrogens with one attached hydrogen (secondary N) is 2. The van der Waals surface area contributed by atoms with Crippen molar-refractivity contribution in [3.05, 3.63) is 23.8 Å². The van der Waals surface area contributed by atoms with Crippen molar-refractivity contribution < 1.29 is 14.3 Å². The van der Waals surface area contributed by atoms with Gasteiger partial charge in [-0.05, 0) is 44.4 Å². The Balaban J connectivity index is 2.15. The number of ether oxygens (including phenoxy) is 1. The molecule has 1 aromatic rings. The number of nitrogens with zero attached hydrogens (tertiary/aromatic N) is 1. The van der Waals surface area contributed by atoms with Crippen molar-refractivity contribution in [2.24, 2.45) is 0 Å². The first-order valence-electron chi connectivity index (χ1n) is 8.10. The summed E-state index contributed by atoms with van der Waals surface area (Å²) in [6.45, 7) is 5.52. The first kappa shape index (κ1) is 17.1. The highest BCUT2D eigenvalue weighted by Crippen LogP contribution is 2.26. The van der Waals surface area contributed by atoms with E-state index in [2.05, 4.69) is 10.6 Å². The topological polar surface area (TPSA) is 70.7 Å². The van der Waals surface area contributed by atoms with E-state index in [-0.39, 0.29) is 18.0 Å². The van der Waals surface area contributed by atoms with Gasteiger partial charge in [0.2, 0.25) is 0 Å². The molecule has 1 aromatic carbocycles. The van der Waals surface area contributed by atoms with Gasteiger partial charge in [-0.1, -0.05) is 6.92 Å². The molecule has 6 nitrogen and oxygen atoms in total. The van der Waals surface area contributed by atoms with Gasteiger partial charge in [0.05, 0.1) is 12.8 Å². The van der Waals surface area contributed by atoms with E-state index in [1.165, 1.54) is 7.11 Å². The Hall–Kier alpha value is -2.24. The summed E-state index contributed by atoms with van der Waals surface area (Å²) in [5.74, 6) is 0.526. The van der Waals surface area contributed by atoms with Crippen molar-refractivity contribution in [2.75, 3.05) is 25.5 Å². The summed E-state index contributed by atoms with van der Waals surface area (Å²) in [5.41, 5.74) is 1.06. The number of hydrogen-bond donors (Lipinski definition) is 2. The molecule has 2 N–H and O–H groups in total. The van der Waals surface area contributed by atoms with Crippen LogP contribution in [0.25, 0.3) is 0 Å². The highest BCUT2D eigenvalue weighted by Gasteiger charge is 2.21. The molecule has 1 aliphatic heterocycles. The van der Waals surface area contributed by atoms with Gasteiger partial charge in [0, 0.05) is 24.7 Å². The summed E-state index contributed by atoms with van der Waals surface area (Å²) in [7, 11) is 1.54. The third-order valence-corrected chi connectivity index (χ3v) is 4.08. The molecular weight excluding hydrogens is 294 g/mol. The average molecular weight is 319 g/mol. The zero-order valence-electron chi connectivity index (χ0n) is 14.0. The third-order valence-electron chi connectivity index (χ3n) is 4.08. The van der Waals surface area contributed by atoms with E-state index in [0.29, 0.717) is 17.0 Å². The normalized spacial score (nSPS) is 15.2. The maximum Gasteiger partial charge on any atom is 0.319 e. The number of likely N-dealkylation sites (tertiary alicyclic amines) is 1. The van der Waals surface area contributed by atoms with Crippen LogP contribution in [-0.4, -0.2) is 43.1 Å². The van der Waals surface area contributed by atoms with Crippen LogP contribution in [0.2, 0.25) is 0 Å². The standard InChI is InChI=1S/C17H25N3O3/c1-4-12(2)18-17(22)19-14-11-13(7-8-15(14)23-3)16(21)20-9-5-6-10-20/h7-8,11-12H,4-6,9-10H2,1-3H3,(H2,18,19,22). The Morgan fingerprint density at radius 2 is 2.00 bits per heavy atom. The Labute approximate surface area is 137 Å². The van der Waals surface area contributed by atoms with Gasteiger partial charge in [0.25, 0.3) is 5.91 Å². The molecule has 1 unspecified atom stereocenters. The number of urea groups is 1. The van der Waals surface area contributed by atoms with E-state index in [0.717, 1.165) is 32.4 Å². The monoisotopic (exact) mass is 319 g/mol. The van der Waals surface area contributed by atoms with Crippen LogP contribution < -0.4 is 15.4 Å². The van der Waals surface area contributed by atoms with Gasteiger partial charge in [0.15, 0.2) is 0 Å². The van der Waals surface area contributed by atoms with E-state index < -0.39 is 0 Å². The molecule has 3 amide bonds. The molecule has 1 aliphatic rings. The van der Waals surface area contributed by atoms with Crippen LogP contribution in [0.1, 0.15) is 43.5 Å². The summed E-state index contributed by atoms with van der Waals surface area (Å²) in [4.78, 5) is 26.3. The van der Waals surface area contributed by atoms with Crippen molar-refractivity contribution in [3.8, 4) is 5.75 Å². The average Bonchev–Trinajstić information content (AvgIpc) is 3.08. The van der Waals surface area contributed by atoms with Crippen LogP contribution in [-0.2, 0) is 0 Å². The Bertz CT molecular complexity index is 568. The minimum atomic E-state index is -0.302. The highest BCUT2D eigenvalue weighted by atomic mass is 16.5. The zero-order chi connectivity index (χ0) is 16.8. The third kappa shape index (κ3) is 4.37. The highest BCUT2D eigenvalue weighted by molar-refractivity contribution is 5.98. The molecular formula is C17H25N3O3. The molecule has 2 rings (SSSR count). The number of carbonyl (C=O) groups excluding carboxylic acids is 2. The number of hydrogen-bond acceptors (Lipinski definition) is 3. The molecule has 23 heavy (non-hydrogen) atoms. The van der Waals surface area contributed by atoms with Gasteiger partial charge in [-0.3, -0.25) is 4.79 Å². The Morgan fingerprint density at radius 3 is 2.61 bits per heavy atom. The first-order valence-corrected chi connectivity index (χ1v) is 8.10. The maximum absolute atomic E-state index is 12.5. The lowest BCUT2D eigenvalue weighted by Crippen LogP contribution is -2.35. The molecule has 0 saturated carbocycles. The molecule has 6 heteroatoms. The van der Waals surface area contributed by atoms with E-state index >= 15 is 0 Å². The van der Waals surface area contributed by atoms with Gasteiger partial charge in [-0.15, -0.1) is 0 Å². The molecule has 0 aliphatic carbocycles. The fourth-order valence-electron chi connectivity index (χ4n) is 2.53. The van der Waals surface area contributed by atoms with E-state index in [1.54, 1.807) is 18.2 Å². The van der Waals surface area contributed by atoms with E-state index in [9.17, 15) is 9.59 Å². The number of methoxy groups -OCH3 is 1. The molecule has 1 fully saturated rings. The number of carbonyl (C=O) groups is 2. The van der Waals surface area contributed by atoms with E-state index in [1.807, 2.05) is 18.7 Å². The molecule has 1 saturated heterocycles. The van der Waals surface area contributed by atoms with Gasteiger partial charge in [-0.25, -0.2) is 4.79 Å². The number of amides is 3. The molecule has 0 spiro atoms. The molecule has 0 bridgehead atoms. The lowest BCUT2D eigenvalue weighted by atomic mass is 10.1. The Kier molecular flexibility index (Phi) is 5.84. The van der Waals surface area contributed by atoms with Crippen LogP contribution in [0.3, 0.4) is 0 Å². The predicted molar refractivity (Wildman–Crippen MR) is 90.0 cm³/mol. The van der Waals surface area contributed by atoms with Gasteiger partial charge >= 0.3 is 6.03 Å². The number of benzene rings is 1. The lowest BCUT2D eigenvalue weighted by Gasteiger charge is -2.18. The minimum Gasteiger partial charge on any atom is -0.495 e. The fourth-order valence-corrected chi connectivity index (χ4v) is 2.53. The van der Waals surface area contributed by atoms with Gasteiger partial charge in [0.1, 0.15) is 5.75 Å². The van der Waals surface area contributed by atoms with Crippen LogP contribution >= 0.6 is 0 Å². The summed E-state index contributed by atoms with van der Waals surface area (Å²) in [6.07, 6.45) is 2.94. The smallest absolute Gasteiger partial charge is 0.319 e. The van der Waals surface area contributed by atoms with Crippen LogP contribution in [0, 0.1) is 0 Å². The molecule has 126 valence electrons. The van der Waals surface area contributed by atoms with Crippen LogP contribution in [0.15, 0.2) is 18.2 Å². The fraction of sp³-hybridized carbons (Fsp3) is 0.529. The van der Waals surface area contributed by atoms with Crippen LogP contribution in [0.5, 0.6) is 5.75 Å². The largest absolute Gasteiger partial charge is 0.495 e. The second-order valence-corrected chi connectivity index (χ2v) is 5.82. The summed E-state index contributed by atoms with van der Waals surface area (Å²) in [5, 5.41) is 5.60. The summed E-state index contributed by atoms with van der Waals surface area (Å²) < 4.78 is 5.27. The molecule has 1 atom stereocenters. The summed E-state index contributed by atoms with van der Waals surface area (Å²) in [6, 6.07) is 4.90. The van der Waals surface area contributed by atoms with Crippen molar-refractivity contribution in [3.63, 3.8) is 0 Å². The van der Waals surface area contributed by atoms with Gasteiger partial charge < -0.3 is 20.3 Å². The maximum atomic E-state index is 12.5. The molecule has 1 heterocycles. The van der Waals surface area contributed by atoms with Gasteiger partial charge in [-0.2, -0.15) is 0 Å². The number of rotatable bonds is 5. The van der Waals surface area contributed by atoms with Crippen molar-refractivity contribution in [1.29, 1.82) is 0 Å².